The first-order chi connectivity index (χ1) is 9.58. The molecule has 3 atom stereocenters. The predicted octanol–water partition coefficient (Wildman–Crippen LogP) is 3.21. The van der Waals surface area contributed by atoms with Crippen LogP contribution in [0.25, 0.3) is 0 Å². The number of hydrogen-bond acceptors (Lipinski definition) is 2. The summed E-state index contributed by atoms with van der Waals surface area (Å²) >= 11 is 3.27. The van der Waals surface area contributed by atoms with Gasteiger partial charge >= 0.3 is 0 Å². The smallest absolute Gasteiger partial charge is 0.258 e. The fourth-order valence-electron chi connectivity index (χ4n) is 3.54. The molecule has 1 aliphatic heterocycles. The van der Waals surface area contributed by atoms with Crippen LogP contribution in [0.15, 0.2) is 22.7 Å². The van der Waals surface area contributed by atoms with Gasteiger partial charge in [0, 0.05) is 23.6 Å². The molecule has 0 spiro atoms. The van der Waals surface area contributed by atoms with Crippen LogP contribution in [0, 0.1) is 17.7 Å². The molecule has 1 saturated carbocycles. The van der Waals surface area contributed by atoms with Gasteiger partial charge in [-0.1, -0.05) is 12.5 Å². The molecule has 0 aromatic heterocycles. The summed E-state index contributed by atoms with van der Waals surface area (Å²) in [6.45, 7) is 1.36. The molecule has 0 bridgehead atoms. The molecule has 3 rings (SSSR count). The highest BCUT2D eigenvalue weighted by Crippen LogP contribution is 2.36. The van der Waals surface area contributed by atoms with Gasteiger partial charge in [0.25, 0.3) is 5.91 Å². The number of amides is 1. The van der Waals surface area contributed by atoms with E-state index in [1.807, 2.05) is 0 Å². The molecule has 116 valence electrons. The largest absolute Gasteiger partial charge is 0.338 e. The zero-order chi connectivity index (χ0) is 14.3. The molecule has 21 heavy (non-hydrogen) atoms. The molecule has 0 radical (unpaired) electrons. The van der Waals surface area contributed by atoms with Crippen LogP contribution in [-0.2, 0) is 0 Å². The van der Waals surface area contributed by atoms with E-state index in [0.717, 1.165) is 19.3 Å². The summed E-state index contributed by atoms with van der Waals surface area (Å²) in [5.74, 6) is 0.159. The molecule has 1 aromatic rings. The molecule has 1 aliphatic carbocycles. The second-order valence-electron chi connectivity index (χ2n) is 5.83. The van der Waals surface area contributed by atoms with Crippen molar-refractivity contribution in [2.24, 2.45) is 17.6 Å². The Hall–Kier alpha value is -0.650. The topological polar surface area (TPSA) is 46.3 Å². The van der Waals surface area contributed by atoms with Gasteiger partial charge < -0.3 is 10.6 Å². The van der Waals surface area contributed by atoms with Gasteiger partial charge in [-0.3, -0.25) is 4.79 Å². The van der Waals surface area contributed by atoms with E-state index in [2.05, 4.69) is 15.9 Å². The van der Waals surface area contributed by atoms with E-state index in [-0.39, 0.29) is 29.9 Å². The minimum Gasteiger partial charge on any atom is -0.338 e. The van der Waals surface area contributed by atoms with Crippen molar-refractivity contribution >= 4 is 34.2 Å². The van der Waals surface area contributed by atoms with Gasteiger partial charge in [0.1, 0.15) is 5.82 Å². The monoisotopic (exact) mass is 376 g/mol. The number of nitrogens with zero attached hydrogens (tertiary/aromatic N) is 1. The zero-order valence-corrected chi connectivity index (χ0v) is 14.0. The zero-order valence-electron chi connectivity index (χ0n) is 11.6. The summed E-state index contributed by atoms with van der Waals surface area (Å²) in [6.07, 6.45) is 3.29. The fourth-order valence-corrected chi connectivity index (χ4v) is 4.05. The van der Waals surface area contributed by atoms with Crippen molar-refractivity contribution in [3.63, 3.8) is 0 Å². The van der Waals surface area contributed by atoms with Crippen LogP contribution in [0.1, 0.15) is 29.6 Å². The van der Waals surface area contributed by atoms with E-state index < -0.39 is 5.82 Å². The number of carbonyl (C=O) groups excluding carboxylic acids is 1. The van der Waals surface area contributed by atoms with Gasteiger partial charge in [0.2, 0.25) is 0 Å². The number of nitrogens with two attached hydrogens (primary N) is 1. The predicted molar refractivity (Wildman–Crippen MR) is 86.1 cm³/mol. The van der Waals surface area contributed by atoms with E-state index in [1.54, 1.807) is 17.0 Å². The second-order valence-corrected chi connectivity index (χ2v) is 6.68. The molecular formula is C15H19BrClFN2O. The molecule has 1 amide bonds. The standard InChI is InChI=1S/C15H18BrFN2O.ClH/c16-11-4-2-5-12(17)14(11)15(20)19-7-9-3-1-6-13(18)10(9)8-19;/h2,4-5,9-10,13H,1,3,6-8,18H2;1H. The van der Waals surface area contributed by atoms with Crippen molar-refractivity contribution in [2.45, 2.75) is 25.3 Å². The average molecular weight is 378 g/mol. The van der Waals surface area contributed by atoms with Gasteiger partial charge in [-0.25, -0.2) is 4.39 Å². The number of hydrogen-bond donors (Lipinski definition) is 1. The van der Waals surface area contributed by atoms with Crippen LogP contribution < -0.4 is 5.73 Å². The Morgan fingerprint density at radius 1 is 1.33 bits per heavy atom. The lowest BCUT2D eigenvalue weighted by atomic mass is 9.78. The molecule has 3 unspecified atom stereocenters. The van der Waals surface area contributed by atoms with Gasteiger partial charge in [0.05, 0.1) is 5.56 Å². The average Bonchev–Trinajstić information content (AvgIpc) is 2.84. The Morgan fingerprint density at radius 3 is 2.76 bits per heavy atom. The van der Waals surface area contributed by atoms with Crippen LogP contribution in [0.4, 0.5) is 4.39 Å². The summed E-state index contributed by atoms with van der Waals surface area (Å²) in [5, 5.41) is 0. The number of fused-ring (bicyclic) bond motifs is 1. The molecule has 3 nitrogen and oxygen atoms in total. The van der Waals surface area contributed by atoms with Crippen molar-refractivity contribution < 1.29 is 9.18 Å². The normalized spacial score (nSPS) is 28.0. The van der Waals surface area contributed by atoms with Gasteiger partial charge in [-0.05, 0) is 52.7 Å². The number of benzene rings is 1. The summed E-state index contributed by atoms with van der Waals surface area (Å²) in [7, 11) is 0. The van der Waals surface area contributed by atoms with Gasteiger partial charge in [0.15, 0.2) is 0 Å². The van der Waals surface area contributed by atoms with E-state index >= 15 is 0 Å². The molecule has 1 heterocycles. The first kappa shape index (κ1) is 16.7. The lowest BCUT2D eigenvalue weighted by molar-refractivity contribution is 0.0778. The highest BCUT2D eigenvalue weighted by atomic mass is 79.9. The van der Waals surface area contributed by atoms with Crippen LogP contribution in [0.3, 0.4) is 0 Å². The maximum absolute atomic E-state index is 13.9. The SMILES string of the molecule is Cl.NC1CCCC2CN(C(=O)c3c(F)cccc3Br)CC12. The van der Waals surface area contributed by atoms with Gasteiger partial charge in [-0.15, -0.1) is 12.4 Å². The maximum atomic E-state index is 13.9. The Balaban J connectivity index is 0.00000161. The van der Waals surface area contributed by atoms with E-state index in [1.165, 1.54) is 6.07 Å². The number of carbonyl (C=O) groups is 1. The molecule has 1 saturated heterocycles. The highest BCUT2D eigenvalue weighted by molar-refractivity contribution is 9.10. The molecule has 2 aliphatic rings. The van der Waals surface area contributed by atoms with Crippen molar-refractivity contribution in [2.75, 3.05) is 13.1 Å². The molecule has 2 N–H and O–H groups in total. The van der Waals surface area contributed by atoms with E-state index in [4.69, 9.17) is 5.73 Å². The van der Waals surface area contributed by atoms with Crippen LogP contribution in [0.5, 0.6) is 0 Å². The summed E-state index contributed by atoms with van der Waals surface area (Å²) in [4.78, 5) is 14.3. The van der Waals surface area contributed by atoms with Crippen LogP contribution in [-0.4, -0.2) is 29.9 Å². The van der Waals surface area contributed by atoms with Crippen molar-refractivity contribution in [1.29, 1.82) is 0 Å². The van der Waals surface area contributed by atoms with Crippen LogP contribution >= 0.6 is 28.3 Å². The van der Waals surface area contributed by atoms with E-state index in [0.29, 0.717) is 29.4 Å². The molecular weight excluding hydrogens is 359 g/mol. The summed E-state index contributed by atoms with van der Waals surface area (Å²) in [6, 6.07) is 4.80. The maximum Gasteiger partial charge on any atom is 0.258 e. The molecule has 1 aromatic carbocycles. The Labute approximate surface area is 138 Å². The first-order valence-electron chi connectivity index (χ1n) is 7.07. The van der Waals surface area contributed by atoms with Crippen molar-refractivity contribution in [1.82, 2.24) is 4.90 Å². The quantitative estimate of drug-likeness (QED) is 0.817. The number of halogens is 3. The summed E-state index contributed by atoms with van der Waals surface area (Å²) in [5.41, 5.74) is 6.30. The minimum absolute atomic E-state index is 0. The van der Waals surface area contributed by atoms with Gasteiger partial charge in [-0.2, -0.15) is 0 Å². The third-order valence-corrected chi connectivity index (χ3v) is 5.28. The Kier molecular flexibility index (Phi) is 5.28. The van der Waals surface area contributed by atoms with E-state index in [9.17, 15) is 9.18 Å². The fraction of sp³-hybridized carbons (Fsp3) is 0.533. The second kappa shape index (κ2) is 6.63. The Bertz CT molecular complexity index is 522. The third-order valence-electron chi connectivity index (χ3n) is 4.62. The van der Waals surface area contributed by atoms with Crippen LogP contribution in [0.2, 0.25) is 0 Å². The lowest BCUT2D eigenvalue weighted by Gasteiger charge is -2.29. The highest BCUT2D eigenvalue weighted by Gasteiger charge is 2.41. The first-order valence-corrected chi connectivity index (χ1v) is 7.86. The van der Waals surface area contributed by atoms with Crippen molar-refractivity contribution in [3.05, 3.63) is 34.1 Å². The summed E-state index contributed by atoms with van der Waals surface area (Å²) < 4.78 is 14.4. The number of likely N-dealkylation sites (tertiary alicyclic amines) is 1. The lowest BCUT2D eigenvalue weighted by Crippen LogP contribution is -2.38. The Morgan fingerprint density at radius 2 is 2.10 bits per heavy atom. The molecule has 2 fully saturated rings. The van der Waals surface area contributed by atoms with Crippen molar-refractivity contribution in [3.8, 4) is 0 Å². The minimum atomic E-state index is -0.469. The number of rotatable bonds is 1. The third kappa shape index (κ3) is 3.10. The molecule has 6 heteroatoms.